The van der Waals surface area contributed by atoms with Crippen LogP contribution in [0.25, 0.3) is 0 Å². The number of likely N-dealkylation sites (tertiary alicyclic amines) is 1. The Morgan fingerprint density at radius 3 is 2.93 bits per heavy atom. The minimum Gasteiger partial charge on any atom is -0.326 e. The molecule has 2 nitrogen and oxygen atoms in total. The lowest BCUT2D eigenvalue weighted by atomic mass is 10.2. The number of nitrogens with zero attached hydrogens (tertiary/aromatic N) is 1. The van der Waals surface area contributed by atoms with Crippen molar-refractivity contribution in [3.05, 3.63) is 34.6 Å². The van der Waals surface area contributed by atoms with E-state index in [-0.39, 0.29) is 11.9 Å². The van der Waals surface area contributed by atoms with E-state index in [1.807, 2.05) is 0 Å². The van der Waals surface area contributed by atoms with Crippen LogP contribution < -0.4 is 5.73 Å². The van der Waals surface area contributed by atoms with Crippen LogP contribution in [-0.4, -0.2) is 24.0 Å². The van der Waals surface area contributed by atoms with Gasteiger partial charge in [-0.05, 0) is 24.1 Å². The zero-order valence-electron chi connectivity index (χ0n) is 8.42. The smallest absolute Gasteiger partial charge is 0.124 e. The van der Waals surface area contributed by atoms with Crippen molar-refractivity contribution in [2.24, 2.45) is 5.73 Å². The maximum absolute atomic E-state index is 12.8. The fourth-order valence-corrected chi connectivity index (χ4v) is 2.12. The van der Waals surface area contributed by atoms with Gasteiger partial charge < -0.3 is 5.73 Å². The highest BCUT2D eigenvalue weighted by atomic mass is 35.5. The standard InChI is InChI=1S/C11H14ClFN2/c12-11-5-9(13)2-1-8(11)6-15-4-3-10(14)7-15/h1-2,5,10H,3-4,6-7,14H2/t10-/m0/s1. The molecule has 0 spiro atoms. The molecule has 1 aromatic rings. The topological polar surface area (TPSA) is 29.3 Å². The van der Waals surface area contributed by atoms with Crippen LogP contribution in [-0.2, 0) is 6.54 Å². The van der Waals surface area contributed by atoms with Gasteiger partial charge in [0.2, 0.25) is 0 Å². The van der Waals surface area contributed by atoms with Gasteiger partial charge in [-0.15, -0.1) is 0 Å². The van der Waals surface area contributed by atoms with Crippen LogP contribution in [0.1, 0.15) is 12.0 Å². The second-order valence-corrected chi connectivity index (χ2v) is 4.43. The highest BCUT2D eigenvalue weighted by molar-refractivity contribution is 6.31. The molecule has 0 amide bonds. The predicted octanol–water partition coefficient (Wildman–Crippen LogP) is 2.01. The molecule has 0 aromatic heterocycles. The monoisotopic (exact) mass is 228 g/mol. The second-order valence-electron chi connectivity index (χ2n) is 4.02. The lowest BCUT2D eigenvalue weighted by Crippen LogP contribution is -2.26. The van der Waals surface area contributed by atoms with E-state index in [4.69, 9.17) is 17.3 Å². The van der Waals surface area contributed by atoms with Crippen LogP contribution in [0.4, 0.5) is 4.39 Å². The van der Waals surface area contributed by atoms with Gasteiger partial charge in [-0.3, -0.25) is 4.90 Å². The van der Waals surface area contributed by atoms with Gasteiger partial charge >= 0.3 is 0 Å². The Morgan fingerprint density at radius 2 is 2.33 bits per heavy atom. The van der Waals surface area contributed by atoms with Crippen LogP contribution in [0, 0.1) is 5.82 Å². The van der Waals surface area contributed by atoms with Crippen molar-refractivity contribution in [2.75, 3.05) is 13.1 Å². The Bertz CT molecular complexity index is 356. The number of hydrogen-bond donors (Lipinski definition) is 1. The summed E-state index contributed by atoms with van der Waals surface area (Å²) in [5.41, 5.74) is 6.77. The molecule has 1 aromatic carbocycles. The summed E-state index contributed by atoms with van der Waals surface area (Å²) in [6.45, 7) is 2.65. The summed E-state index contributed by atoms with van der Waals surface area (Å²) < 4.78 is 12.8. The number of nitrogens with two attached hydrogens (primary N) is 1. The first-order valence-electron chi connectivity index (χ1n) is 5.07. The Kier molecular flexibility index (Phi) is 3.24. The molecular weight excluding hydrogens is 215 g/mol. The molecule has 0 radical (unpaired) electrons. The predicted molar refractivity (Wildman–Crippen MR) is 59.3 cm³/mol. The van der Waals surface area contributed by atoms with Crippen LogP contribution >= 0.6 is 11.6 Å². The van der Waals surface area contributed by atoms with Crippen molar-refractivity contribution in [3.63, 3.8) is 0 Å². The van der Waals surface area contributed by atoms with Crippen molar-refractivity contribution in [1.29, 1.82) is 0 Å². The van der Waals surface area contributed by atoms with Gasteiger partial charge in [0.1, 0.15) is 5.82 Å². The van der Waals surface area contributed by atoms with Crippen LogP contribution in [0.3, 0.4) is 0 Å². The molecule has 1 aliphatic heterocycles. The minimum atomic E-state index is -0.290. The SMILES string of the molecule is N[C@H]1CCN(Cc2ccc(F)cc2Cl)C1. The Balaban J connectivity index is 2.04. The second kappa shape index (κ2) is 4.47. The van der Waals surface area contributed by atoms with Gasteiger partial charge in [0.05, 0.1) is 0 Å². The fraction of sp³-hybridized carbons (Fsp3) is 0.455. The quantitative estimate of drug-likeness (QED) is 0.839. The number of hydrogen-bond acceptors (Lipinski definition) is 2. The third kappa shape index (κ3) is 2.68. The first-order chi connectivity index (χ1) is 7.15. The Morgan fingerprint density at radius 1 is 1.53 bits per heavy atom. The molecule has 2 N–H and O–H groups in total. The first kappa shape index (κ1) is 10.9. The third-order valence-electron chi connectivity index (χ3n) is 2.72. The van der Waals surface area contributed by atoms with Crippen molar-refractivity contribution in [3.8, 4) is 0 Å². The van der Waals surface area contributed by atoms with Gasteiger partial charge in [-0.1, -0.05) is 17.7 Å². The summed E-state index contributed by atoms with van der Waals surface area (Å²) in [7, 11) is 0. The largest absolute Gasteiger partial charge is 0.326 e. The normalized spacial score (nSPS) is 22.2. The van der Waals surface area contributed by atoms with E-state index in [0.717, 1.165) is 31.6 Å². The third-order valence-corrected chi connectivity index (χ3v) is 3.07. The first-order valence-corrected chi connectivity index (χ1v) is 5.45. The lowest BCUT2D eigenvalue weighted by Gasteiger charge is -2.15. The van der Waals surface area contributed by atoms with E-state index in [9.17, 15) is 4.39 Å². The van der Waals surface area contributed by atoms with E-state index >= 15 is 0 Å². The van der Waals surface area contributed by atoms with E-state index in [2.05, 4.69) is 4.90 Å². The summed E-state index contributed by atoms with van der Waals surface area (Å²) in [5, 5.41) is 0.496. The Labute approximate surface area is 93.8 Å². The molecule has 1 atom stereocenters. The summed E-state index contributed by atoms with van der Waals surface area (Å²) >= 11 is 5.95. The highest BCUT2D eigenvalue weighted by Crippen LogP contribution is 2.20. The summed E-state index contributed by atoms with van der Waals surface area (Å²) in [6.07, 6.45) is 1.03. The molecule has 1 saturated heterocycles. The maximum Gasteiger partial charge on any atom is 0.124 e. The zero-order valence-corrected chi connectivity index (χ0v) is 9.17. The van der Waals surface area contributed by atoms with Gasteiger partial charge in [0.25, 0.3) is 0 Å². The molecule has 0 saturated carbocycles. The van der Waals surface area contributed by atoms with Gasteiger partial charge in [-0.25, -0.2) is 4.39 Å². The van der Waals surface area contributed by atoms with E-state index in [1.165, 1.54) is 12.1 Å². The molecule has 1 fully saturated rings. The maximum atomic E-state index is 12.8. The number of halogens is 2. The minimum absolute atomic E-state index is 0.268. The molecule has 0 bridgehead atoms. The van der Waals surface area contributed by atoms with Crippen LogP contribution in [0.5, 0.6) is 0 Å². The van der Waals surface area contributed by atoms with E-state index in [1.54, 1.807) is 6.07 Å². The molecule has 1 aliphatic rings. The zero-order chi connectivity index (χ0) is 10.8. The summed E-state index contributed by atoms with van der Waals surface area (Å²) in [6, 6.07) is 4.80. The summed E-state index contributed by atoms with van der Waals surface area (Å²) in [4.78, 5) is 2.24. The van der Waals surface area contributed by atoms with Gasteiger partial charge in [-0.2, -0.15) is 0 Å². The molecular formula is C11H14ClFN2. The van der Waals surface area contributed by atoms with Crippen molar-refractivity contribution < 1.29 is 4.39 Å². The average molecular weight is 229 g/mol. The van der Waals surface area contributed by atoms with E-state index < -0.39 is 0 Å². The van der Waals surface area contributed by atoms with Crippen molar-refractivity contribution in [2.45, 2.75) is 19.0 Å². The Hall–Kier alpha value is -0.640. The van der Waals surface area contributed by atoms with Crippen molar-refractivity contribution >= 4 is 11.6 Å². The van der Waals surface area contributed by atoms with Gasteiger partial charge in [0, 0.05) is 30.7 Å². The van der Waals surface area contributed by atoms with Gasteiger partial charge in [0.15, 0.2) is 0 Å². The number of benzene rings is 1. The molecule has 0 unspecified atom stereocenters. The average Bonchev–Trinajstić information content (AvgIpc) is 2.56. The van der Waals surface area contributed by atoms with E-state index in [0.29, 0.717) is 5.02 Å². The summed E-state index contributed by atoms with van der Waals surface area (Å²) in [5.74, 6) is -0.290. The van der Waals surface area contributed by atoms with Crippen LogP contribution in [0.15, 0.2) is 18.2 Å². The molecule has 1 heterocycles. The molecule has 4 heteroatoms. The lowest BCUT2D eigenvalue weighted by molar-refractivity contribution is 0.327. The molecule has 82 valence electrons. The van der Waals surface area contributed by atoms with Crippen molar-refractivity contribution in [1.82, 2.24) is 4.90 Å². The fourth-order valence-electron chi connectivity index (χ4n) is 1.90. The highest BCUT2D eigenvalue weighted by Gasteiger charge is 2.19. The molecule has 2 rings (SSSR count). The molecule has 0 aliphatic carbocycles. The number of rotatable bonds is 2. The molecule has 15 heavy (non-hydrogen) atoms. The van der Waals surface area contributed by atoms with Crippen LogP contribution in [0.2, 0.25) is 5.02 Å².